The van der Waals surface area contributed by atoms with Crippen molar-refractivity contribution in [2.24, 2.45) is 7.05 Å². The lowest BCUT2D eigenvalue weighted by Crippen LogP contribution is -2.31. The molecule has 4 rings (SSSR count). The maximum atomic E-state index is 13.5. The van der Waals surface area contributed by atoms with Crippen molar-refractivity contribution in [2.45, 2.75) is 13.8 Å². The smallest absolute Gasteiger partial charge is 0.280 e. The van der Waals surface area contributed by atoms with Crippen molar-refractivity contribution >= 4 is 11.6 Å². The monoisotopic (exact) mass is 409 g/mol. The van der Waals surface area contributed by atoms with Crippen molar-refractivity contribution in [3.8, 4) is 22.4 Å². The first kappa shape index (κ1) is 20.3. The van der Waals surface area contributed by atoms with E-state index in [0.717, 1.165) is 22.3 Å². The van der Waals surface area contributed by atoms with Crippen molar-refractivity contribution in [3.63, 3.8) is 0 Å². The number of benzene rings is 3. The van der Waals surface area contributed by atoms with Gasteiger partial charge in [0.25, 0.3) is 11.5 Å². The lowest BCUT2D eigenvalue weighted by atomic mass is 9.95. The van der Waals surface area contributed by atoms with Crippen LogP contribution in [0.4, 0.5) is 5.69 Å². The minimum atomic E-state index is -0.451. The molecule has 0 unspecified atom stereocenters. The van der Waals surface area contributed by atoms with Crippen LogP contribution >= 0.6 is 0 Å². The molecule has 1 amide bonds. The number of anilines is 1. The second-order valence-electron chi connectivity index (χ2n) is 7.53. The van der Waals surface area contributed by atoms with E-state index in [0.29, 0.717) is 16.9 Å². The molecule has 1 aromatic heterocycles. The van der Waals surface area contributed by atoms with E-state index < -0.39 is 11.5 Å². The predicted molar refractivity (Wildman–Crippen MR) is 124 cm³/mol. The van der Waals surface area contributed by atoms with Crippen molar-refractivity contribution < 1.29 is 4.79 Å². The molecule has 0 bridgehead atoms. The van der Waals surface area contributed by atoms with Crippen LogP contribution in [0, 0.1) is 13.8 Å². The highest BCUT2D eigenvalue weighted by Gasteiger charge is 2.24. The van der Waals surface area contributed by atoms with E-state index in [-0.39, 0.29) is 5.56 Å². The molecule has 1 N–H and O–H groups in total. The predicted octanol–water partition coefficient (Wildman–Crippen LogP) is 4.98. The number of carbonyl (C=O) groups is 1. The molecule has 0 radical (unpaired) electrons. The first-order valence-electron chi connectivity index (χ1n) is 10.1. The van der Waals surface area contributed by atoms with Crippen LogP contribution < -0.4 is 10.9 Å². The van der Waals surface area contributed by atoms with Crippen molar-refractivity contribution in [3.05, 3.63) is 106 Å². The summed E-state index contributed by atoms with van der Waals surface area (Å²) in [6.45, 7) is 3.89. The van der Waals surface area contributed by atoms with Gasteiger partial charge >= 0.3 is 0 Å². The zero-order valence-corrected chi connectivity index (χ0v) is 17.7. The van der Waals surface area contributed by atoms with E-state index in [1.165, 1.54) is 4.68 Å². The number of nitrogens with zero attached hydrogens (tertiary/aromatic N) is 2. The van der Waals surface area contributed by atoms with Crippen LogP contribution in [0.2, 0.25) is 0 Å². The number of amides is 1. The van der Waals surface area contributed by atoms with Gasteiger partial charge in [-0.3, -0.25) is 9.59 Å². The summed E-state index contributed by atoms with van der Waals surface area (Å²) in [6, 6.07) is 24.9. The Kier molecular flexibility index (Phi) is 5.50. The van der Waals surface area contributed by atoms with Crippen LogP contribution in [0.5, 0.6) is 0 Å². The quantitative estimate of drug-likeness (QED) is 0.517. The average Bonchev–Trinajstić information content (AvgIpc) is 2.78. The van der Waals surface area contributed by atoms with Crippen molar-refractivity contribution in [2.75, 3.05) is 5.32 Å². The van der Waals surface area contributed by atoms with E-state index in [4.69, 9.17) is 0 Å². The van der Waals surface area contributed by atoms with Crippen LogP contribution in [-0.2, 0) is 7.05 Å². The molecular weight excluding hydrogens is 386 g/mol. The number of nitrogens with one attached hydrogen (secondary N) is 1. The molecule has 5 heteroatoms. The summed E-state index contributed by atoms with van der Waals surface area (Å²) in [5.74, 6) is -0.451. The summed E-state index contributed by atoms with van der Waals surface area (Å²) < 4.78 is 1.23. The number of rotatable bonds is 4. The SMILES string of the molecule is Cc1ccc(C)c(NC(=O)c2c(-c3ccccc3)c(-c3ccccc3)nn(C)c2=O)c1. The minimum absolute atomic E-state index is 0.0726. The molecule has 0 saturated carbocycles. The normalized spacial score (nSPS) is 10.7. The molecule has 154 valence electrons. The Balaban J connectivity index is 1.97. The second-order valence-corrected chi connectivity index (χ2v) is 7.53. The van der Waals surface area contributed by atoms with Gasteiger partial charge in [0.05, 0.1) is 5.69 Å². The van der Waals surface area contributed by atoms with E-state index in [1.807, 2.05) is 92.7 Å². The van der Waals surface area contributed by atoms with Gasteiger partial charge in [0.2, 0.25) is 0 Å². The standard InChI is InChI=1S/C26H23N3O2/c1-17-14-15-18(2)21(16-17)27-25(30)23-22(19-10-6-4-7-11-19)24(28-29(3)26(23)31)20-12-8-5-9-13-20/h4-16H,1-3H3,(H,27,30). The van der Waals surface area contributed by atoms with Crippen LogP contribution in [0.1, 0.15) is 21.5 Å². The molecule has 1 heterocycles. The van der Waals surface area contributed by atoms with E-state index in [1.54, 1.807) is 7.05 Å². The number of aromatic nitrogens is 2. The highest BCUT2D eigenvalue weighted by molar-refractivity contribution is 6.10. The Morgan fingerprint density at radius 2 is 1.48 bits per heavy atom. The molecule has 4 aromatic rings. The van der Waals surface area contributed by atoms with Gasteiger partial charge in [0.15, 0.2) is 0 Å². The summed E-state index contributed by atoms with van der Waals surface area (Å²) in [4.78, 5) is 26.6. The number of aryl methyl sites for hydroxylation is 3. The minimum Gasteiger partial charge on any atom is -0.322 e. The van der Waals surface area contributed by atoms with Gasteiger partial charge in [-0.2, -0.15) is 5.10 Å². The average molecular weight is 409 g/mol. The molecule has 0 spiro atoms. The Morgan fingerprint density at radius 1 is 0.871 bits per heavy atom. The number of hydrogen-bond donors (Lipinski definition) is 1. The van der Waals surface area contributed by atoms with Crippen LogP contribution in [0.25, 0.3) is 22.4 Å². The molecule has 0 fully saturated rings. The molecule has 3 aromatic carbocycles. The summed E-state index contributed by atoms with van der Waals surface area (Å²) in [5.41, 5.74) is 4.97. The van der Waals surface area contributed by atoms with Gasteiger partial charge in [0, 0.05) is 23.9 Å². The third-order valence-electron chi connectivity index (χ3n) is 5.22. The molecule has 0 aliphatic rings. The maximum absolute atomic E-state index is 13.5. The Bertz CT molecular complexity index is 1310. The number of carbonyl (C=O) groups excluding carboxylic acids is 1. The highest BCUT2D eigenvalue weighted by Crippen LogP contribution is 2.32. The van der Waals surface area contributed by atoms with Gasteiger partial charge in [0.1, 0.15) is 5.56 Å². The summed E-state index contributed by atoms with van der Waals surface area (Å²) in [6.07, 6.45) is 0. The summed E-state index contributed by atoms with van der Waals surface area (Å²) >= 11 is 0. The molecule has 5 nitrogen and oxygen atoms in total. The molecular formula is C26H23N3O2. The number of hydrogen-bond acceptors (Lipinski definition) is 3. The van der Waals surface area contributed by atoms with Gasteiger partial charge in [-0.15, -0.1) is 0 Å². The third-order valence-corrected chi connectivity index (χ3v) is 5.22. The van der Waals surface area contributed by atoms with E-state index >= 15 is 0 Å². The zero-order chi connectivity index (χ0) is 22.0. The molecule has 0 saturated heterocycles. The summed E-state index contributed by atoms with van der Waals surface area (Å²) in [7, 11) is 1.57. The Labute approximate surface area is 181 Å². The van der Waals surface area contributed by atoms with Crippen molar-refractivity contribution in [1.29, 1.82) is 0 Å². The topological polar surface area (TPSA) is 64.0 Å². The van der Waals surface area contributed by atoms with Crippen LogP contribution in [0.15, 0.2) is 83.7 Å². The first-order valence-corrected chi connectivity index (χ1v) is 10.1. The van der Waals surface area contributed by atoms with Gasteiger partial charge in [-0.05, 0) is 36.6 Å². The summed E-state index contributed by atoms with van der Waals surface area (Å²) in [5, 5.41) is 7.47. The first-order chi connectivity index (χ1) is 15.0. The van der Waals surface area contributed by atoms with Gasteiger partial charge in [-0.1, -0.05) is 72.8 Å². The van der Waals surface area contributed by atoms with E-state index in [2.05, 4.69) is 10.4 Å². The van der Waals surface area contributed by atoms with Crippen molar-refractivity contribution in [1.82, 2.24) is 9.78 Å². The third kappa shape index (κ3) is 4.03. The lowest BCUT2D eigenvalue weighted by molar-refractivity contribution is 0.102. The largest absolute Gasteiger partial charge is 0.322 e. The van der Waals surface area contributed by atoms with Gasteiger partial charge < -0.3 is 5.32 Å². The van der Waals surface area contributed by atoms with E-state index in [9.17, 15) is 9.59 Å². The fraction of sp³-hybridized carbons (Fsp3) is 0.115. The lowest BCUT2D eigenvalue weighted by Gasteiger charge is -2.16. The molecule has 0 atom stereocenters. The zero-order valence-electron chi connectivity index (χ0n) is 17.7. The molecule has 31 heavy (non-hydrogen) atoms. The van der Waals surface area contributed by atoms with Crippen LogP contribution in [-0.4, -0.2) is 15.7 Å². The maximum Gasteiger partial charge on any atom is 0.280 e. The molecule has 0 aliphatic carbocycles. The second kappa shape index (κ2) is 8.40. The Morgan fingerprint density at radius 3 is 2.13 bits per heavy atom. The van der Waals surface area contributed by atoms with Gasteiger partial charge in [-0.25, -0.2) is 4.68 Å². The van der Waals surface area contributed by atoms with Crippen LogP contribution in [0.3, 0.4) is 0 Å². The fourth-order valence-corrected chi connectivity index (χ4v) is 3.58. The molecule has 0 aliphatic heterocycles. The fourth-order valence-electron chi connectivity index (χ4n) is 3.58. The highest BCUT2D eigenvalue weighted by atomic mass is 16.2. The Hall–Kier alpha value is -3.99.